The zero-order valence-corrected chi connectivity index (χ0v) is 87.0. The second kappa shape index (κ2) is 50.9. The van der Waals surface area contributed by atoms with Gasteiger partial charge in [-0.05, 0) is 243 Å². The molecule has 18 aromatic rings. The minimum absolute atomic E-state index is 0.0694. The maximum Gasteiger partial charge on any atom is 0.202 e. The highest BCUT2D eigenvalue weighted by atomic mass is 35.5. The predicted octanol–water partition coefficient (Wildman–Crippen LogP) is 36.7. The molecular weight excluding hydrogens is 1780 g/mol. The molecule has 13 heteroatoms. The Labute approximate surface area is 844 Å². The third-order valence-corrected chi connectivity index (χ3v) is 26.3. The molecule has 0 bridgehead atoms. The number of rotatable bonds is 22. The highest BCUT2D eigenvalue weighted by Crippen LogP contribution is 2.47. The number of hydrogen-bond donors (Lipinski definition) is 1. The molecular formula is C127H134Cl2N4O6S. The molecule has 0 aliphatic heterocycles. The number of fused-ring (bicyclic) bond motifs is 6. The van der Waals surface area contributed by atoms with Crippen molar-refractivity contribution < 1.29 is 28.3 Å². The number of aldehydes is 1. The van der Waals surface area contributed by atoms with E-state index < -0.39 is 0 Å². The maximum atomic E-state index is 13.1. The molecule has 0 fully saturated rings. The Morgan fingerprint density at radius 3 is 1.59 bits per heavy atom. The third-order valence-electron chi connectivity index (χ3n) is 24.5. The van der Waals surface area contributed by atoms with Crippen molar-refractivity contribution in [3.8, 4) is 51.1 Å². The molecule has 0 saturated carbocycles. The van der Waals surface area contributed by atoms with Crippen LogP contribution in [0.2, 0.25) is 10.0 Å². The number of thiophene rings is 1. The SMILES string of the molecule is CC(C)Cc1ccc(C(C)C)cc1.CC(C)Cc1nc(-c2ccccc2)c(-c2ccccc2)o1.CC(C)c1ccc(-c2cn3ccccc3n2)cc1.CC(C)c1ccc(C(=O)c2ccccc2)s1.CC(C)c1ccc2c(c1)[nH]c1ccc(Cl)cc12.CC(C)c1cccc(Oc2ccccc2)c1.CC1=C(C(C)C)c2cc(C=O)ccc2C1C(=O)c1ccc(Cl)cc1.COc1ccc2cc(C(C)C)ccc2c1. The molecule has 1 aliphatic rings. The van der Waals surface area contributed by atoms with Gasteiger partial charge in [-0.25, -0.2) is 9.97 Å². The van der Waals surface area contributed by atoms with E-state index in [1.54, 1.807) is 48.8 Å². The molecule has 718 valence electrons. The van der Waals surface area contributed by atoms with Crippen molar-refractivity contribution in [1.82, 2.24) is 19.4 Å². The first kappa shape index (κ1) is 105. The maximum absolute atomic E-state index is 13.1. The molecule has 5 aromatic heterocycles. The number of ether oxygens (including phenoxy) is 2. The highest BCUT2D eigenvalue weighted by Gasteiger charge is 2.35. The molecule has 13 aromatic carbocycles. The van der Waals surface area contributed by atoms with Gasteiger partial charge in [-0.2, -0.15) is 0 Å². The number of nitrogens with zero attached hydrogens (tertiary/aromatic N) is 3. The molecule has 0 radical (unpaired) electrons. The number of Topliss-reactive ketones (excluding diaryl/α,β-unsaturated/α-hetero) is 1. The van der Waals surface area contributed by atoms with Crippen molar-refractivity contribution in [2.24, 2.45) is 17.8 Å². The Balaban J connectivity index is 0.000000144. The number of carbonyl (C=O) groups is 3. The first-order chi connectivity index (χ1) is 67.3. The number of benzene rings is 13. The fraction of sp³-hybridized carbons (Fsp3) is 0.252. The van der Waals surface area contributed by atoms with E-state index in [0.717, 1.165) is 113 Å². The van der Waals surface area contributed by atoms with Gasteiger partial charge in [-0.3, -0.25) is 14.4 Å². The number of pyridine rings is 1. The molecule has 0 amide bonds. The van der Waals surface area contributed by atoms with Gasteiger partial charge < -0.3 is 23.3 Å². The number of carbonyl (C=O) groups excluding carboxylic acids is 3. The van der Waals surface area contributed by atoms with Crippen molar-refractivity contribution in [3.63, 3.8) is 0 Å². The smallest absolute Gasteiger partial charge is 0.202 e. The minimum atomic E-state index is -0.292. The number of allylic oxidation sites excluding steroid dienone is 2. The third kappa shape index (κ3) is 29.1. The van der Waals surface area contributed by atoms with E-state index in [-0.39, 0.29) is 23.4 Å². The quantitative estimate of drug-likeness (QED) is 0.0525. The van der Waals surface area contributed by atoms with E-state index >= 15 is 0 Å². The summed E-state index contributed by atoms with van der Waals surface area (Å²) in [5, 5.41) is 6.35. The van der Waals surface area contributed by atoms with Crippen LogP contribution in [-0.4, -0.2) is 44.3 Å². The molecule has 19 rings (SSSR count). The van der Waals surface area contributed by atoms with Crippen LogP contribution >= 0.6 is 34.5 Å². The molecule has 1 atom stereocenters. The lowest BCUT2D eigenvalue weighted by Gasteiger charge is -2.14. The number of imidazole rings is 1. The molecule has 0 saturated heterocycles. The summed E-state index contributed by atoms with van der Waals surface area (Å²) in [5.41, 5.74) is 23.2. The molecule has 0 spiro atoms. The van der Waals surface area contributed by atoms with Gasteiger partial charge >= 0.3 is 0 Å². The summed E-state index contributed by atoms with van der Waals surface area (Å²) in [6.07, 6.45) is 6.99. The molecule has 1 aliphatic carbocycles. The highest BCUT2D eigenvalue weighted by molar-refractivity contribution is 7.14. The summed E-state index contributed by atoms with van der Waals surface area (Å²) >= 11 is 13.6. The van der Waals surface area contributed by atoms with Crippen LogP contribution in [0.5, 0.6) is 17.2 Å². The second-order valence-corrected chi connectivity index (χ2v) is 40.6. The fourth-order valence-corrected chi connectivity index (χ4v) is 17.9. The molecule has 140 heavy (non-hydrogen) atoms. The number of hydrogen-bond acceptors (Lipinski definition) is 9. The number of H-pyrrole nitrogens is 1. The molecule has 1 N–H and O–H groups in total. The average Bonchev–Trinajstić information content (AvgIpc) is 1.59. The van der Waals surface area contributed by atoms with Gasteiger partial charge in [0.05, 0.1) is 23.6 Å². The Morgan fingerprint density at radius 2 is 1.00 bits per heavy atom. The number of methoxy groups -OCH3 is 1. The Kier molecular flexibility index (Phi) is 38.3. The first-order valence-electron chi connectivity index (χ1n) is 48.9. The van der Waals surface area contributed by atoms with Gasteiger partial charge in [0.1, 0.15) is 34.9 Å². The van der Waals surface area contributed by atoms with Gasteiger partial charge in [0.2, 0.25) is 5.78 Å². The summed E-state index contributed by atoms with van der Waals surface area (Å²) in [4.78, 5) is 51.2. The van der Waals surface area contributed by atoms with Gasteiger partial charge in [0.25, 0.3) is 0 Å². The van der Waals surface area contributed by atoms with Crippen LogP contribution in [0.25, 0.3) is 77.6 Å². The number of halogens is 2. The standard InChI is InChI=1S/C21H19ClO2.C19H19NO.C16H16N2.C15H14ClN.C15H16O.C14H14OS.C14H16O.C13H20/c1-12(2)19-13(3)20(17-9-4-14(11-23)10-18(17)19)21(24)15-5-7-16(22)8-6-15;1-14(2)13-17-20-18(15-9-5-3-6-10-15)19(21-17)16-11-7-4-8-12-16;1-12(2)13-6-8-14(9-7-13)15-11-18-10-4-3-5-16(18)17-15;1-9(2)10-3-5-12-13-8-11(16)4-6-14(13)17-15(12)7-10;1-12(2)13-7-6-10-15(11-13)16-14-8-4-3-5-9-14;1-10(2)12-8-9-13(16-12)14(15)11-6-4-3-5-7-11;1-10(2)11-4-5-13-9-14(15-3)7-6-12(13)8-11;1-10(2)9-12-5-7-13(8-6-12)11(3)4/h4-12,20H,1-3H3;3-12,14H,13H2,1-2H3;3-12H,1-2H3;3-9,17H,1-2H3;3-12H,1-2H3;3-10H,1-2H3;4-10H,1-3H3;5-8,10-11H,9H2,1-4H3. The Hall–Kier alpha value is -13.6. The number of para-hydroxylation sites is 1. The van der Waals surface area contributed by atoms with Crippen LogP contribution in [0.15, 0.2) is 362 Å². The predicted molar refractivity (Wildman–Crippen MR) is 592 cm³/mol. The number of nitrogens with one attached hydrogen (secondary N) is 1. The molecule has 5 heterocycles. The minimum Gasteiger partial charge on any atom is -0.497 e. The van der Waals surface area contributed by atoms with Gasteiger partial charge in [0.15, 0.2) is 17.4 Å². The lowest BCUT2D eigenvalue weighted by molar-refractivity contribution is 0.0972. The van der Waals surface area contributed by atoms with Crippen molar-refractivity contribution in [1.29, 1.82) is 0 Å². The normalized spacial score (nSPS) is 12.0. The summed E-state index contributed by atoms with van der Waals surface area (Å²) in [6.45, 7) is 41.5. The van der Waals surface area contributed by atoms with Crippen LogP contribution in [0.1, 0.15) is 264 Å². The topological polar surface area (TPSA) is 129 Å². The zero-order valence-electron chi connectivity index (χ0n) is 84.7. The monoisotopic (exact) mass is 1910 g/mol. The number of oxazole rings is 1. The Bertz CT molecular complexity index is 6980. The van der Waals surface area contributed by atoms with Crippen molar-refractivity contribution >= 4 is 96.2 Å². The number of aromatic amines is 1. The molecule has 10 nitrogen and oxygen atoms in total. The number of ketones is 2. The van der Waals surface area contributed by atoms with Gasteiger partial charge in [-0.15, -0.1) is 11.3 Å². The van der Waals surface area contributed by atoms with Gasteiger partial charge in [-0.1, -0.05) is 378 Å². The van der Waals surface area contributed by atoms with Crippen molar-refractivity contribution in [2.75, 3.05) is 7.11 Å². The van der Waals surface area contributed by atoms with E-state index in [9.17, 15) is 14.4 Å². The van der Waals surface area contributed by atoms with Crippen LogP contribution in [-0.2, 0) is 12.8 Å². The van der Waals surface area contributed by atoms with Crippen molar-refractivity contribution in [3.05, 3.63) is 445 Å². The first-order valence-corrected chi connectivity index (χ1v) is 50.5. The van der Waals surface area contributed by atoms with E-state index in [1.807, 2.05) is 193 Å². The molecule has 1 unspecified atom stereocenters. The van der Waals surface area contributed by atoms with E-state index in [0.29, 0.717) is 57.6 Å². The number of aromatic nitrogens is 4. The fourth-order valence-electron chi connectivity index (χ4n) is 16.7. The lowest BCUT2D eigenvalue weighted by atomic mass is 9.88. The Morgan fingerprint density at radius 1 is 0.443 bits per heavy atom. The van der Waals surface area contributed by atoms with Crippen molar-refractivity contribution in [2.45, 2.75) is 186 Å². The summed E-state index contributed by atoms with van der Waals surface area (Å²) < 4.78 is 19.1. The van der Waals surface area contributed by atoms with Gasteiger partial charge in [0, 0.05) is 88.9 Å². The lowest BCUT2D eigenvalue weighted by Crippen LogP contribution is -2.12. The van der Waals surface area contributed by atoms with Crippen LogP contribution < -0.4 is 9.47 Å². The summed E-state index contributed by atoms with van der Waals surface area (Å²) in [7, 11) is 1.70. The summed E-state index contributed by atoms with van der Waals surface area (Å²) in [6, 6.07) is 114. The van der Waals surface area contributed by atoms with E-state index in [2.05, 4.69) is 274 Å². The zero-order chi connectivity index (χ0) is 100. The second-order valence-electron chi connectivity index (χ2n) is 38.6. The van der Waals surface area contributed by atoms with Crippen LogP contribution in [0.4, 0.5) is 0 Å². The average molecular weight is 1920 g/mol. The van der Waals surface area contributed by atoms with Crippen LogP contribution in [0, 0.1) is 17.8 Å². The van der Waals surface area contributed by atoms with E-state index in [4.69, 9.17) is 42.1 Å². The largest absolute Gasteiger partial charge is 0.497 e. The van der Waals surface area contributed by atoms with E-state index in [1.165, 1.54) is 82.9 Å². The summed E-state index contributed by atoms with van der Waals surface area (Å²) in [5.74, 6) is 9.19. The van der Waals surface area contributed by atoms with Crippen LogP contribution in [0.3, 0.4) is 0 Å².